The lowest BCUT2D eigenvalue weighted by Crippen LogP contribution is -2.21. The first-order valence-corrected chi connectivity index (χ1v) is 2.33. The molecule has 3 nitrogen and oxygen atoms in total. The van der Waals surface area contributed by atoms with E-state index in [9.17, 15) is 4.79 Å². The van der Waals surface area contributed by atoms with Crippen LogP contribution in [-0.4, -0.2) is 18.6 Å². The smallest absolute Gasteiger partial charge is 0.335 e. The fourth-order valence-corrected chi connectivity index (χ4v) is 0.510. The molecule has 1 saturated heterocycles. The summed E-state index contributed by atoms with van der Waals surface area (Å²) in [5.41, 5.74) is 5.70. The third kappa shape index (κ3) is 0.607. The van der Waals surface area contributed by atoms with Crippen LogP contribution < -0.4 is 5.73 Å². The van der Waals surface area contributed by atoms with Crippen molar-refractivity contribution in [1.82, 2.24) is 0 Å². The Hall–Kier alpha value is -0.830. The normalized spacial score (nSPS) is 28.4. The minimum Gasteiger partial charge on any atom is -0.460 e. The molecule has 1 fully saturated rings. The highest BCUT2D eigenvalue weighted by Gasteiger charge is 2.24. The molecule has 0 radical (unpaired) electrons. The molecule has 3 heteroatoms. The zero-order valence-corrected chi connectivity index (χ0v) is 4.39. The SMILES string of the molecule is C=C1C(=O)OCC1N. The molecule has 8 heavy (non-hydrogen) atoms. The van der Waals surface area contributed by atoms with Crippen molar-refractivity contribution in [1.29, 1.82) is 0 Å². The lowest BCUT2D eigenvalue weighted by Gasteiger charge is -1.91. The second-order valence-corrected chi connectivity index (χ2v) is 1.73. The van der Waals surface area contributed by atoms with E-state index in [0.29, 0.717) is 5.57 Å². The molecule has 1 atom stereocenters. The summed E-state index contributed by atoms with van der Waals surface area (Å²) in [5, 5.41) is 0. The van der Waals surface area contributed by atoms with Crippen molar-refractivity contribution in [3.05, 3.63) is 12.2 Å². The summed E-state index contributed by atoms with van der Waals surface area (Å²) in [5.74, 6) is -0.363. The van der Waals surface area contributed by atoms with Gasteiger partial charge in [0.1, 0.15) is 6.61 Å². The summed E-state index contributed by atoms with van der Waals surface area (Å²) in [6.45, 7) is 3.71. The van der Waals surface area contributed by atoms with E-state index in [1.165, 1.54) is 0 Å². The Morgan fingerprint density at radius 3 is 2.62 bits per heavy atom. The highest BCUT2D eigenvalue weighted by Crippen LogP contribution is 2.08. The molecule has 0 aromatic carbocycles. The van der Waals surface area contributed by atoms with Gasteiger partial charge in [0.15, 0.2) is 0 Å². The van der Waals surface area contributed by atoms with Gasteiger partial charge >= 0.3 is 5.97 Å². The van der Waals surface area contributed by atoms with Crippen LogP contribution in [0.2, 0.25) is 0 Å². The van der Waals surface area contributed by atoms with Gasteiger partial charge in [0, 0.05) is 0 Å². The maximum Gasteiger partial charge on any atom is 0.335 e. The number of ether oxygens (including phenoxy) is 1. The molecule has 1 aliphatic heterocycles. The molecular formula is C5H7NO2. The van der Waals surface area contributed by atoms with Crippen molar-refractivity contribution in [3.8, 4) is 0 Å². The van der Waals surface area contributed by atoms with Gasteiger partial charge in [-0.1, -0.05) is 6.58 Å². The van der Waals surface area contributed by atoms with Gasteiger partial charge in [-0.05, 0) is 0 Å². The van der Waals surface area contributed by atoms with E-state index in [2.05, 4.69) is 11.3 Å². The van der Waals surface area contributed by atoms with Crippen molar-refractivity contribution < 1.29 is 9.53 Å². The summed E-state index contributed by atoms with van der Waals surface area (Å²) in [6, 6.07) is -0.275. The van der Waals surface area contributed by atoms with Crippen molar-refractivity contribution in [2.24, 2.45) is 5.73 Å². The molecule has 0 aliphatic carbocycles. The molecule has 0 aromatic rings. The Bertz CT molecular complexity index is 141. The summed E-state index contributed by atoms with van der Waals surface area (Å²) in [7, 11) is 0. The van der Waals surface area contributed by atoms with Crippen LogP contribution in [-0.2, 0) is 9.53 Å². The molecule has 1 rings (SSSR count). The zero-order valence-electron chi connectivity index (χ0n) is 4.39. The number of hydrogen-bond acceptors (Lipinski definition) is 3. The van der Waals surface area contributed by atoms with Gasteiger partial charge in [-0.15, -0.1) is 0 Å². The maximum atomic E-state index is 10.4. The number of hydrogen-bond donors (Lipinski definition) is 1. The number of nitrogens with two attached hydrogens (primary N) is 1. The number of carbonyl (C=O) groups excluding carboxylic acids is 1. The minimum atomic E-state index is -0.363. The highest BCUT2D eigenvalue weighted by molar-refractivity contribution is 5.91. The van der Waals surface area contributed by atoms with Crippen LogP contribution in [0.1, 0.15) is 0 Å². The summed E-state index contributed by atoms with van der Waals surface area (Å²) < 4.78 is 4.51. The van der Waals surface area contributed by atoms with Crippen LogP contribution in [0.25, 0.3) is 0 Å². The van der Waals surface area contributed by atoms with Crippen LogP contribution in [0.3, 0.4) is 0 Å². The second-order valence-electron chi connectivity index (χ2n) is 1.73. The van der Waals surface area contributed by atoms with E-state index in [1.54, 1.807) is 0 Å². The maximum absolute atomic E-state index is 10.4. The molecule has 0 aromatic heterocycles. The average molecular weight is 113 g/mol. The standard InChI is InChI=1S/C5H7NO2/c1-3-4(6)2-8-5(3)7/h4H,1-2,6H2. The average Bonchev–Trinajstić information content (AvgIpc) is 1.98. The first-order valence-electron chi connectivity index (χ1n) is 2.33. The van der Waals surface area contributed by atoms with Crippen LogP contribution in [0.4, 0.5) is 0 Å². The highest BCUT2D eigenvalue weighted by atomic mass is 16.5. The third-order valence-corrected chi connectivity index (χ3v) is 1.10. The van der Waals surface area contributed by atoms with Crippen molar-refractivity contribution >= 4 is 5.97 Å². The Morgan fingerprint density at radius 1 is 1.88 bits per heavy atom. The first-order chi connectivity index (χ1) is 3.72. The van der Waals surface area contributed by atoms with E-state index < -0.39 is 0 Å². The second kappa shape index (κ2) is 1.59. The molecule has 0 amide bonds. The van der Waals surface area contributed by atoms with E-state index in [4.69, 9.17) is 5.73 Å². The van der Waals surface area contributed by atoms with Gasteiger partial charge in [-0.25, -0.2) is 4.79 Å². The van der Waals surface area contributed by atoms with Gasteiger partial charge in [-0.3, -0.25) is 0 Å². The number of rotatable bonds is 0. The molecule has 0 saturated carbocycles. The molecule has 1 aliphatic rings. The molecule has 0 spiro atoms. The van der Waals surface area contributed by atoms with Crippen LogP contribution in [0.5, 0.6) is 0 Å². The number of carbonyl (C=O) groups is 1. The monoisotopic (exact) mass is 113 g/mol. The Labute approximate surface area is 47.1 Å². The quantitative estimate of drug-likeness (QED) is 0.338. The summed E-state index contributed by atoms with van der Waals surface area (Å²) >= 11 is 0. The molecule has 1 unspecified atom stereocenters. The van der Waals surface area contributed by atoms with Crippen LogP contribution >= 0.6 is 0 Å². The van der Waals surface area contributed by atoms with Crippen molar-refractivity contribution in [3.63, 3.8) is 0 Å². The van der Waals surface area contributed by atoms with Gasteiger partial charge < -0.3 is 10.5 Å². The van der Waals surface area contributed by atoms with E-state index in [0.717, 1.165) is 0 Å². The third-order valence-electron chi connectivity index (χ3n) is 1.10. The minimum absolute atomic E-state index is 0.275. The molecule has 0 bridgehead atoms. The number of esters is 1. The van der Waals surface area contributed by atoms with Crippen LogP contribution in [0, 0.1) is 0 Å². The first kappa shape index (κ1) is 5.31. The fourth-order valence-electron chi connectivity index (χ4n) is 0.510. The lowest BCUT2D eigenvalue weighted by atomic mass is 10.2. The Balaban J connectivity index is 2.71. The fraction of sp³-hybridized carbons (Fsp3) is 0.400. The Morgan fingerprint density at radius 2 is 2.50 bits per heavy atom. The van der Waals surface area contributed by atoms with Crippen LogP contribution in [0.15, 0.2) is 12.2 Å². The van der Waals surface area contributed by atoms with Gasteiger partial charge in [0.2, 0.25) is 0 Å². The van der Waals surface area contributed by atoms with E-state index in [-0.39, 0.29) is 18.6 Å². The number of cyclic esters (lactones) is 1. The zero-order chi connectivity index (χ0) is 6.15. The molecular weight excluding hydrogens is 106 g/mol. The largest absolute Gasteiger partial charge is 0.460 e. The van der Waals surface area contributed by atoms with Crippen molar-refractivity contribution in [2.45, 2.75) is 6.04 Å². The van der Waals surface area contributed by atoms with E-state index >= 15 is 0 Å². The predicted molar refractivity (Wildman–Crippen MR) is 28.1 cm³/mol. The topological polar surface area (TPSA) is 52.3 Å². The lowest BCUT2D eigenvalue weighted by molar-refractivity contribution is -0.135. The van der Waals surface area contributed by atoms with E-state index in [1.807, 2.05) is 0 Å². The summed E-state index contributed by atoms with van der Waals surface area (Å²) in [6.07, 6.45) is 0. The van der Waals surface area contributed by atoms with Gasteiger partial charge in [0.25, 0.3) is 0 Å². The Kier molecular flexibility index (Phi) is 1.06. The molecule has 2 N–H and O–H groups in total. The van der Waals surface area contributed by atoms with Gasteiger partial charge in [0.05, 0.1) is 11.6 Å². The van der Waals surface area contributed by atoms with Crippen molar-refractivity contribution in [2.75, 3.05) is 6.61 Å². The summed E-state index contributed by atoms with van der Waals surface area (Å²) in [4.78, 5) is 10.4. The molecule has 44 valence electrons. The van der Waals surface area contributed by atoms with Gasteiger partial charge in [-0.2, -0.15) is 0 Å². The predicted octanol–water partition coefficient (Wildman–Crippen LogP) is -0.573. The molecule has 1 heterocycles.